The third-order valence-corrected chi connectivity index (χ3v) is 2.95. The molecule has 0 unspecified atom stereocenters. The second-order valence-electron chi connectivity index (χ2n) is 4.44. The molecule has 0 aliphatic rings. The van der Waals surface area contributed by atoms with Gasteiger partial charge in [-0.1, -0.05) is 11.8 Å². The lowest BCUT2D eigenvalue weighted by molar-refractivity contribution is 0.0936. The van der Waals surface area contributed by atoms with Crippen molar-refractivity contribution in [2.75, 3.05) is 5.73 Å². The predicted octanol–water partition coefficient (Wildman–Crippen LogP) is 0.0392. The molecule has 0 aliphatic heterocycles. The number of nitrogens with two attached hydrogens (primary N) is 1. The molecule has 11 nitrogen and oxygen atoms in total. The molecule has 0 saturated carbocycles. The molecule has 0 saturated heterocycles. The molecular weight excluding hydrogens is 304 g/mol. The first-order chi connectivity index (χ1) is 11.1. The van der Waals surface area contributed by atoms with Gasteiger partial charge in [0.15, 0.2) is 11.5 Å². The molecule has 3 aromatic rings. The number of hydrazine groups is 1. The van der Waals surface area contributed by atoms with Gasteiger partial charge in [0.1, 0.15) is 0 Å². The summed E-state index contributed by atoms with van der Waals surface area (Å²) in [5.74, 6) is 0.167. The maximum Gasteiger partial charge on any atom is 0.292 e. The molecule has 0 atom stereocenters. The van der Waals surface area contributed by atoms with Crippen LogP contribution in [-0.4, -0.2) is 31.2 Å². The average Bonchev–Trinajstić information content (AvgIpc) is 3.25. The Labute approximate surface area is 129 Å². The lowest BCUT2D eigenvalue weighted by atomic mass is 10.3. The first kappa shape index (κ1) is 14.3. The van der Waals surface area contributed by atoms with E-state index in [0.717, 1.165) is 0 Å². The Balaban J connectivity index is 1.72. The van der Waals surface area contributed by atoms with E-state index in [0.29, 0.717) is 17.2 Å². The molecule has 3 aromatic heterocycles. The van der Waals surface area contributed by atoms with Crippen molar-refractivity contribution in [2.45, 2.75) is 6.92 Å². The summed E-state index contributed by atoms with van der Waals surface area (Å²) in [6, 6.07) is 3.40. The zero-order valence-electron chi connectivity index (χ0n) is 12.0. The number of aromatic nitrogens is 5. The summed E-state index contributed by atoms with van der Waals surface area (Å²) in [7, 11) is 0. The molecule has 4 N–H and O–H groups in total. The molecule has 0 spiro atoms. The maximum atomic E-state index is 12.2. The second-order valence-corrected chi connectivity index (χ2v) is 4.44. The molecule has 0 aromatic carbocycles. The Hall–Kier alpha value is -3.63. The highest BCUT2D eigenvalue weighted by molar-refractivity contribution is 5.93. The Morgan fingerprint density at radius 1 is 1.39 bits per heavy atom. The van der Waals surface area contributed by atoms with Crippen molar-refractivity contribution < 1.29 is 13.8 Å². The summed E-state index contributed by atoms with van der Waals surface area (Å²) in [5, 5.41) is 14.7. The maximum absolute atomic E-state index is 12.2. The normalized spacial score (nSPS) is 10.5. The first-order valence-electron chi connectivity index (χ1n) is 6.37. The van der Waals surface area contributed by atoms with Gasteiger partial charge in [-0.15, -0.1) is 5.10 Å². The van der Waals surface area contributed by atoms with Crippen molar-refractivity contribution in [1.82, 2.24) is 36.2 Å². The smallest absolute Gasteiger partial charge is 0.292 e. The summed E-state index contributed by atoms with van der Waals surface area (Å²) < 4.78 is 10.9. The van der Waals surface area contributed by atoms with Crippen LogP contribution in [0.5, 0.6) is 0 Å². The number of nitrogen functional groups attached to an aromatic ring is 1. The number of nitrogens with zero attached hydrogens (tertiary/aromatic N) is 5. The number of carbonyl (C=O) groups is 1. The Bertz CT molecular complexity index is 848. The number of anilines is 1. The van der Waals surface area contributed by atoms with Crippen LogP contribution in [0.3, 0.4) is 0 Å². The van der Waals surface area contributed by atoms with Crippen LogP contribution in [-0.2, 0) is 0 Å². The van der Waals surface area contributed by atoms with Gasteiger partial charge in [-0.3, -0.25) is 15.6 Å². The molecule has 1 amide bonds. The van der Waals surface area contributed by atoms with Gasteiger partial charge in [-0.25, -0.2) is 4.63 Å². The molecule has 3 heterocycles. The van der Waals surface area contributed by atoms with Crippen LogP contribution < -0.4 is 16.6 Å². The molecule has 118 valence electrons. The van der Waals surface area contributed by atoms with Crippen molar-refractivity contribution in [1.29, 1.82) is 0 Å². The minimum Gasteiger partial charge on any atom is -0.463 e. The molecule has 0 bridgehead atoms. The molecule has 11 heteroatoms. The molecule has 0 fully saturated rings. The number of hydrogen-bond donors (Lipinski definition) is 3. The summed E-state index contributed by atoms with van der Waals surface area (Å²) in [5.41, 5.74) is 11.5. The number of rotatable bonds is 5. The summed E-state index contributed by atoms with van der Waals surface area (Å²) in [6.45, 7) is 5.36. The predicted molar refractivity (Wildman–Crippen MR) is 76.7 cm³/mol. The third-order valence-electron chi connectivity index (χ3n) is 2.95. The number of hydrogen-bond acceptors (Lipinski definition) is 9. The van der Waals surface area contributed by atoms with E-state index in [-0.39, 0.29) is 17.3 Å². The van der Waals surface area contributed by atoms with Gasteiger partial charge in [0, 0.05) is 0 Å². The Morgan fingerprint density at radius 3 is 2.87 bits per heavy atom. The van der Waals surface area contributed by atoms with Crippen LogP contribution in [0.4, 0.5) is 5.82 Å². The van der Waals surface area contributed by atoms with Gasteiger partial charge in [-0.2, -0.15) is 4.68 Å². The Morgan fingerprint density at radius 2 is 2.22 bits per heavy atom. The molecule has 3 rings (SSSR count). The zero-order chi connectivity index (χ0) is 16.4. The Kier molecular flexibility index (Phi) is 3.51. The fraction of sp³-hybridized carbons (Fsp3) is 0.0833. The van der Waals surface area contributed by atoms with Crippen molar-refractivity contribution >= 4 is 17.4 Å². The van der Waals surface area contributed by atoms with E-state index in [2.05, 4.69) is 42.7 Å². The molecule has 0 radical (unpaired) electrons. The quantitative estimate of drug-likeness (QED) is 0.554. The van der Waals surface area contributed by atoms with Gasteiger partial charge >= 0.3 is 0 Å². The van der Waals surface area contributed by atoms with E-state index in [9.17, 15) is 4.79 Å². The minimum atomic E-state index is -0.517. The topological polar surface area (TPSA) is 150 Å². The fourth-order valence-corrected chi connectivity index (χ4v) is 1.78. The lowest BCUT2D eigenvalue weighted by Gasteiger charge is -2.08. The standard InChI is InChI=1S/C12H12N8O3/c1-6(8-4-3-5-22-8)14-16-12(21)9-7(2)20(19-15-9)11-10(13)17-23-18-11/h3-5,14H,1H2,2H3,(H2,13,17)(H,16,21). The van der Waals surface area contributed by atoms with E-state index < -0.39 is 5.91 Å². The molecular formula is C12H12N8O3. The molecule has 23 heavy (non-hydrogen) atoms. The number of amides is 1. The van der Waals surface area contributed by atoms with Crippen LogP contribution >= 0.6 is 0 Å². The van der Waals surface area contributed by atoms with Crippen LogP contribution in [0.25, 0.3) is 11.5 Å². The largest absolute Gasteiger partial charge is 0.463 e. The highest BCUT2D eigenvalue weighted by atomic mass is 16.6. The van der Waals surface area contributed by atoms with Gasteiger partial charge in [-0.05, 0) is 29.4 Å². The van der Waals surface area contributed by atoms with Crippen LogP contribution in [0.2, 0.25) is 0 Å². The van der Waals surface area contributed by atoms with E-state index >= 15 is 0 Å². The summed E-state index contributed by atoms with van der Waals surface area (Å²) in [6.07, 6.45) is 1.50. The summed E-state index contributed by atoms with van der Waals surface area (Å²) in [4.78, 5) is 12.2. The first-order valence-corrected chi connectivity index (χ1v) is 6.37. The van der Waals surface area contributed by atoms with Gasteiger partial charge in [0.05, 0.1) is 17.7 Å². The highest BCUT2D eigenvalue weighted by Crippen LogP contribution is 2.14. The van der Waals surface area contributed by atoms with E-state index in [1.807, 2.05) is 0 Å². The van der Waals surface area contributed by atoms with E-state index in [1.165, 1.54) is 10.9 Å². The second kappa shape index (κ2) is 5.63. The van der Waals surface area contributed by atoms with Crippen molar-refractivity contribution in [3.63, 3.8) is 0 Å². The minimum absolute atomic E-state index is 0.0364. The fourth-order valence-electron chi connectivity index (χ4n) is 1.78. The van der Waals surface area contributed by atoms with Gasteiger partial charge in [0.2, 0.25) is 11.6 Å². The number of carbonyl (C=O) groups excluding carboxylic acids is 1. The lowest BCUT2D eigenvalue weighted by Crippen LogP contribution is -2.36. The third kappa shape index (κ3) is 2.62. The number of nitrogens with one attached hydrogen (secondary N) is 2. The summed E-state index contributed by atoms with van der Waals surface area (Å²) >= 11 is 0. The SMILES string of the molecule is C=C(NNC(=O)c1nnn(-c2nonc2N)c1C)c1ccco1. The monoisotopic (exact) mass is 316 g/mol. The van der Waals surface area contributed by atoms with Crippen molar-refractivity contribution in [2.24, 2.45) is 0 Å². The van der Waals surface area contributed by atoms with E-state index in [1.54, 1.807) is 19.1 Å². The van der Waals surface area contributed by atoms with Gasteiger partial charge < -0.3 is 10.2 Å². The van der Waals surface area contributed by atoms with Crippen LogP contribution in [0.1, 0.15) is 21.9 Å². The van der Waals surface area contributed by atoms with E-state index in [4.69, 9.17) is 10.2 Å². The van der Waals surface area contributed by atoms with Crippen LogP contribution in [0.15, 0.2) is 34.0 Å². The highest BCUT2D eigenvalue weighted by Gasteiger charge is 2.21. The number of furan rings is 1. The molecule has 0 aliphatic carbocycles. The van der Waals surface area contributed by atoms with Gasteiger partial charge in [0.25, 0.3) is 5.91 Å². The van der Waals surface area contributed by atoms with Crippen molar-refractivity contribution in [3.05, 3.63) is 42.1 Å². The average molecular weight is 316 g/mol. The van der Waals surface area contributed by atoms with Crippen molar-refractivity contribution in [3.8, 4) is 5.82 Å². The zero-order valence-corrected chi connectivity index (χ0v) is 12.0. The van der Waals surface area contributed by atoms with Crippen LogP contribution in [0, 0.1) is 6.92 Å².